The standard InChI is InChI=1S/C16H10BrF4N3O2S/c17-9-2-1-3-10(6-9)24-14(7-13(23-24)16(20)21)8-4-11(18)15(12(19)5-8)27(22,25)26/h1-7,16H,(H2,22,25,26). The second-order valence-electron chi connectivity index (χ2n) is 5.46. The van der Waals surface area contributed by atoms with Crippen LogP contribution in [0.4, 0.5) is 17.6 Å². The average Bonchev–Trinajstić information content (AvgIpc) is 2.98. The molecule has 0 aliphatic carbocycles. The van der Waals surface area contributed by atoms with E-state index < -0.39 is 38.7 Å². The van der Waals surface area contributed by atoms with Gasteiger partial charge in [-0.15, -0.1) is 0 Å². The molecule has 0 aliphatic rings. The SMILES string of the molecule is NS(=O)(=O)c1c(F)cc(-c2cc(C(F)F)nn2-c2cccc(Br)c2)cc1F. The van der Waals surface area contributed by atoms with Crippen LogP contribution in [0, 0.1) is 11.6 Å². The van der Waals surface area contributed by atoms with Crippen LogP contribution in [-0.2, 0) is 10.0 Å². The first-order chi connectivity index (χ1) is 12.6. The molecule has 142 valence electrons. The Bertz CT molecular complexity index is 1110. The van der Waals surface area contributed by atoms with Crippen molar-refractivity contribution in [2.75, 3.05) is 0 Å². The van der Waals surface area contributed by atoms with E-state index >= 15 is 0 Å². The maximum Gasteiger partial charge on any atom is 0.282 e. The zero-order chi connectivity index (χ0) is 19.9. The Hall–Kier alpha value is -2.24. The minimum Gasteiger partial charge on any atom is -0.233 e. The Morgan fingerprint density at radius 2 is 1.70 bits per heavy atom. The van der Waals surface area contributed by atoms with Crippen LogP contribution in [-0.4, -0.2) is 18.2 Å². The van der Waals surface area contributed by atoms with Gasteiger partial charge in [-0.2, -0.15) is 5.10 Å². The van der Waals surface area contributed by atoms with Gasteiger partial charge in [0, 0.05) is 10.0 Å². The molecular formula is C16H10BrF4N3O2S. The Kier molecular flexibility index (Phi) is 5.10. The van der Waals surface area contributed by atoms with Gasteiger partial charge < -0.3 is 0 Å². The predicted molar refractivity (Wildman–Crippen MR) is 92.9 cm³/mol. The van der Waals surface area contributed by atoms with Gasteiger partial charge >= 0.3 is 0 Å². The number of aromatic nitrogens is 2. The molecule has 0 aliphatic heterocycles. The Labute approximate surface area is 159 Å². The molecule has 3 aromatic rings. The normalized spacial score (nSPS) is 12.0. The molecule has 0 radical (unpaired) electrons. The number of rotatable bonds is 4. The van der Waals surface area contributed by atoms with E-state index in [0.717, 1.165) is 10.7 Å². The number of hydrogen-bond donors (Lipinski definition) is 1. The lowest BCUT2D eigenvalue weighted by Gasteiger charge is -2.10. The maximum absolute atomic E-state index is 14.2. The molecule has 3 rings (SSSR count). The van der Waals surface area contributed by atoms with Gasteiger partial charge in [0.05, 0.1) is 11.4 Å². The van der Waals surface area contributed by atoms with Crippen molar-refractivity contribution in [3.63, 3.8) is 0 Å². The summed E-state index contributed by atoms with van der Waals surface area (Å²) in [4.78, 5) is -1.30. The van der Waals surface area contributed by atoms with Crippen molar-refractivity contribution < 1.29 is 26.0 Å². The molecule has 0 bridgehead atoms. The summed E-state index contributed by atoms with van der Waals surface area (Å²) in [5.74, 6) is -2.87. The molecule has 1 heterocycles. The molecule has 0 atom stereocenters. The summed E-state index contributed by atoms with van der Waals surface area (Å²) in [7, 11) is -4.64. The molecule has 2 N–H and O–H groups in total. The number of hydrogen-bond acceptors (Lipinski definition) is 3. The molecule has 27 heavy (non-hydrogen) atoms. The number of primary sulfonamides is 1. The van der Waals surface area contributed by atoms with Crippen LogP contribution in [0.3, 0.4) is 0 Å². The summed E-state index contributed by atoms with van der Waals surface area (Å²) in [6, 6.07) is 8.81. The van der Waals surface area contributed by atoms with E-state index in [4.69, 9.17) is 5.14 Å². The first kappa shape index (κ1) is 19.5. The third kappa shape index (κ3) is 3.89. The van der Waals surface area contributed by atoms with Crippen LogP contribution >= 0.6 is 15.9 Å². The Morgan fingerprint density at radius 1 is 1.07 bits per heavy atom. The number of benzene rings is 2. The van der Waals surface area contributed by atoms with Gasteiger partial charge in [0.15, 0.2) is 4.90 Å². The first-order valence-corrected chi connectivity index (χ1v) is 9.58. The lowest BCUT2D eigenvalue weighted by Crippen LogP contribution is -2.16. The van der Waals surface area contributed by atoms with Crippen molar-refractivity contribution in [3.8, 4) is 16.9 Å². The number of nitrogens with zero attached hydrogens (tertiary/aromatic N) is 2. The highest BCUT2D eigenvalue weighted by Crippen LogP contribution is 2.31. The summed E-state index contributed by atoms with van der Waals surface area (Å²) in [5.41, 5.74) is -0.497. The van der Waals surface area contributed by atoms with Crippen LogP contribution in [0.15, 0.2) is 51.8 Å². The monoisotopic (exact) mass is 463 g/mol. The molecular weight excluding hydrogens is 454 g/mol. The molecule has 0 unspecified atom stereocenters. The van der Waals surface area contributed by atoms with E-state index in [9.17, 15) is 26.0 Å². The maximum atomic E-state index is 14.2. The highest BCUT2D eigenvalue weighted by molar-refractivity contribution is 9.10. The third-order valence-electron chi connectivity index (χ3n) is 3.58. The van der Waals surface area contributed by atoms with Crippen molar-refractivity contribution in [2.45, 2.75) is 11.3 Å². The van der Waals surface area contributed by atoms with Gasteiger partial charge in [-0.1, -0.05) is 22.0 Å². The fourth-order valence-electron chi connectivity index (χ4n) is 2.50. The fourth-order valence-corrected chi connectivity index (χ4v) is 3.54. The predicted octanol–water partition coefficient (Wildman–Crippen LogP) is 4.17. The zero-order valence-electron chi connectivity index (χ0n) is 13.2. The molecule has 0 amide bonds. The van der Waals surface area contributed by atoms with E-state index in [-0.39, 0.29) is 11.3 Å². The highest BCUT2D eigenvalue weighted by Gasteiger charge is 2.24. The number of halogens is 5. The Morgan fingerprint density at radius 3 is 2.22 bits per heavy atom. The van der Waals surface area contributed by atoms with Gasteiger partial charge in [-0.05, 0) is 36.4 Å². The van der Waals surface area contributed by atoms with Crippen molar-refractivity contribution >= 4 is 26.0 Å². The van der Waals surface area contributed by atoms with Gasteiger partial charge in [0.1, 0.15) is 17.3 Å². The van der Waals surface area contributed by atoms with Crippen LogP contribution in [0.25, 0.3) is 16.9 Å². The van der Waals surface area contributed by atoms with Gasteiger partial charge in [0.25, 0.3) is 6.43 Å². The van der Waals surface area contributed by atoms with E-state index in [1.165, 1.54) is 0 Å². The zero-order valence-corrected chi connectivity index (χ0v) is 15.6. The third-order valence-corrected chi connectivity index (χ3v) is 5.04. The van der Waals surface area contributed by atoms with Crippen LogP contribution < -0.4 is 5.14 Å². The lowest BCUT2D eigenvalue weighted by molar-refractivity contribution is 0.145. The highest BCUT2D eigenvalue weighted by atomic mass is 79.9. The number of sulfonamides is 1. The van der Waals surface area contributed by atoms with Crippen LogP contribution in [0.5, 0.6) is 0 Å². The lowest BCUT2D eigenvalue weighted by atomic mass is 10.1. The number of nitrogens with two attached hydrogens (primary N) is 1. The van der Waals surface area contributed by atoms with Crippen LogP contribution in [0.2, 0.25) is 0 Å². The van der Waals surface area contributed by atoms with E-state index in [2.05, 4.69) is 21.0 Å². The summed E-state index contributed by atoms with van der Waals surface area (Å²) in [6.45, 7) is 0. The van der Waals surface area contributed by atoms with E-state index in [1.54, 1.807) is 24.3 Å². The molecule has 2 aromatic carbocycles. The van der Waals surface area contributed by atoms with Gasteiger partial charge in [-0.3, -0.25) is 0 Å². The molecule has 1 aromatic heterocycles. The van der Waals surface area contributed by atoms with Gasteiger partial charge in [0.2, 0.25) is 10.0 Å². The molecule has 5 nitrogen and oxygen atoms in total. The summed E-state index contributed by atoms with van der Waals surface area (Å²) < 4.78 is 78.9. The van der Waals surface area contributed by atoms with Crippen molar-refractivity contribution in [1.29, 1.82) is 0 Å². The van der Waals surface area contributed by atoms with Gasteiger partial charge in [-0.25, -0.2) is 35.8 Å². The number of alkyl halides is 2. The molecule has 11 heteroatoms. The van der Waals surface area contributed by atoms with Crippen molar-refractivity contribution in [3.05, 3.63) is 64.3 Å². The van der Waals surface area contributed by atoms with Crippen LogP contribution in [0.1, 0.15) is 12.1 Å². The van der Waals surface area contributed by atoms with Crippen molar-refractivity contribution in [1.82, 2.24) is 9.78 Å². The minimum atomic E-state index is -4.64. The molecule has 0 saturated carbocycles. The summed E-state index contributed by atoms with van der Waals surface area (Å²) in [6.07, 6.45) is -2.92. The van der Waals surface area contributed by atoms with E-state index in [1.807, 2.05) is 0 Å². The summed E-state index contributed by atoms with van der Waals surface area (Å²) >= 11 is 3.24. The summed E-state index contributed by atoms with van der Waals surface area (Å²) in [5, 5.41) is 8.58. The largest absolute Gasteiger partial charge is 0.282 e. The fraction of sp³-hybridized carbons (Fsp3) is 0.0625. The topological polar surface area (TPSA) is 78.0 Å². The first-order valence-electron chi connectivity index (χ1n) is 7.24. The quantitative estimate of drug-likeness (QED) is 0.589. The smallest absolute Gasteiger partial charge is 0.233 e. The molecule has 0 saturated heterocycles. The second-order valence-corrected chi connectivity index (χ2v) is 7.87. The molecule has 0 fully saturated rings. The second kappa shape index (κ2) is 7.06. The minimum absolute atomic E-state index is 0.0535. The van der Waals surface area contributed by atoms with Crippen molar-refractivity contribution in [2.24, 2.45) is 5.14 Å². The molecule has 0 spiro atoms. The Balaban J connectivity index is 2.26. The average molecular weight is 464 g/mol. The van der Waals surface area contributed by atoms with E-state index in [0.29, 0.717) is 22.3 Å².